The van der Waals surface area contributed by atoms with Crippen LogP contribution in [0.1, 0.15) is 36.8 Å². The molecule has 3 rings (SSSR count). The van der Waals surface area contributed by atoms with Crippen LogP contribution in [0.2, 0.25) is 0 Å². The fourth-order valence-electron chi connectivity index (χ4n) is 3.47. The van der Waals surface area contributed by atoms with Crippen molar-refractivity contribution in [3.8, 4) is 5.69 Å². The summed E-state index contributed by atoms with van der Waals surface area (Å²) >= 11 is 1.49. The van der Waals surface area contributed by atoms with Gasteiger partial charge in [0.05, 0.1) is 11.4 Å². The highest BCUT2D eigenvalue weighted by Gasteiger charge is 2.12. The van der Waals surface area contributed by atoms with Crippen molar-refractivity contribution in [2.24, 2.45) is 0 Å². The minimum atomic E-state index is 0.0779. The molecule has 1 amide bonds. The summed E-state index contributed by atoms with van der Waals surface area (Å²) < 4.78 is 2.07. The lowest BCUT2D eigenvalue weighted by molar-refractivity contribution is -0.118. The number of piperidine rings is 1. The number of aromatic nitrogens is 2. The average molecular weight is 387 g/mol. The molecule has 1 aromatic heterocycles. The van der Waals surface area contributed by atoms with Crippen LogP contribution in [0.15, 0.2) is 35.7 Å². The Bertz CT molecular complexity index is 752. The summed E-state index contributed by atoms with van der Waals surface area (Å²) in [7, 11) is 0. The van der Waals surface area contributed by atoms with E-state index in [1.807, 2.05) is 6.20 Å². The van der Waals surface area contributed by atoms with Gasteiger partial charge in [0.2, 0.25) is 5.91 Å². The van der Waals surface area contributed by atoms with Gasteiger partial charge in [-0.15, -0.1) is 0 Å². The number of likely N-dealkylation sites (tertiary alicyclic amines) is 1. The quantitative estimate of drug-likeness (QED) is 0.557. The number of aryl methyl sites for hydroxylation is 1. The number of nitrogens with one attached hydrogen (secondary N) is 1. The van der Waals surface area contributed by atoms with Crippen LogP contribution in [0.3, 0.4) is 0 Å². The fourth-order valence-corrected chi connectivity index (χ4v) is 4.27. The van der Waals surface area contributed by atoms with E-state index in [1.165, 1.54) is 55.2 Å². The van der Waals surface area contributed by atoms with Crippen LogP contribution in [0.4, 0.5) is 0 Å². The van der Waals surface area contributed by atoms with Gasteiger partial charge in [0, 0.05) is 18.9 Å². The first-order valence-corrected chi connectivity index (χ1v) is 10.9. The second-order valence-corrected chi connectivity index (χ2v) is 8.14. The van der Waals surface area contributed by atoms with Crippen LogP contribution in [-0.4, -0.2) is 52.3 Å². The molecule has 2 heterocycles. The number of carbonyl (C=O) groups is 1. The molecule has 1 N–H and O–H groups in total. The van der Waals surface area contributed by atoms with Gasteiger partial charge in [-0.05, 0) is 69.9 Å². The molecule has 0 aliphatic carbocycles. The number of hydrogen-bond acceptors (Lipinski definition) is 4. The number of amides is 1. The Hall–Kier alpha value is -1.79. The lowest BCUT2D eigenvalue weighted by Gasteiger charge is -2.26. The highest BCUT2D eigenvalue weighted by Crippen LogP contribution is 2.24. The van der Waals surface area contributed by atoms with Crippen molar-refractivity contribution in [2.75, 3.05) is 31.9 Å². The second-order valence-electron chi connectivity index (χ2n) is 7.19. The first kappa shape index (κ1) is 20.0. The number of nitrogens with zero attached hydrogens (tertiary/aromatic N) is 3. The maximum Gasteiger partial charge on any atom is 0.230 e. The van der Waals surface area contributed by atoms with Crippen molar-refractivity contribution in [3.05, 3.63) is 41.7 Å². The van der Waals surface area contributed by atoms with Gasteiger partial charge in [-0.1, -0.05) is 30.3 Å². The Morgan fingerprint density at radius 1 is 1.22 bits per heavy atom. The monoisotopic (exact) mass is 386 g/mol. The molecule has 27 heavy (non-hydrogen) atoms. The Labute approximate surface area is 166 Å². The second kappa shape index (κ2) is 9.95. The molecule has 5 nitrogen and oxygen atoms in total. The number of benzene rings is 1. The Kier molecular flexibility index (Phi) is 7.35. The van der Waals surface area contributed by atoms with Crippen LogP contribution in [0.25, 0.3) is 5.69 Å². The highest BCUT2D eigenvalue weighted by atomic mass is 32.2. The molecule has 6 heteroatoms. The van der Waals surface area contributed by atoms with Gasteiger partial charge in [-0.25, -0.2) is 4.98 Å². The lowest BCUT2D eigenvalue weighted by atomic mass is 10.1. The Morgan fingerprint density at radius 2 is 2.04 bits per heavy atom. The zero-order valence-electron chi connectivity index (χ0n) is 16.4. The maximum atomic E-state index is 12.2. The minimum Gasteiger partial charge on any atom is -0.355 e. The van der Waals surface area contributed by atoms with Gasteiger partial charge < -0.3 is 10.2 Å². The van der Waals surface area contributed by atoms with E-state index in [9.17, 15) is 4.79 Å². The van der Waals surface area contributed by atoms with Crippen molar-refractivity contribution >= 4 is 17.7 Å². The molecule has 146 valence electrons. The molecular formula is C21H30N4OS. The fraction of sp³-hybridized carbons (Fsp3) is 0.524. The van der Waals surface area contributed by atoms with Crippen LogP contribution in [-0.2, 0) is 4.79 Å². The molecule has 1 aliphatic rings. The predicted octanol–water partition coefficient (Wildman–Crippen LogP) is 3.57. The third kappa shape index (κ3) is 5.59. The lowest BCUT2D eigenvalue weighted by Crippen LogP contribution is -2.33. The van der Waals surface area contributed by atoms with Crippen LogP contribution < -0.4 is 5.32 Å². The van der Waals surface area contributed by atoms with Crippen molar-refractivity contribution in [1.29, 1.82) is 0 Å². The van der Waals surface area contributed by atoms with E-state index in [0.29, 0.717) is 5.75 Å². The number of thioether (sulfide) groups is 1. The molecule has 0 radical (unpaired) electrons. The normalized spacial score (nSPS) is 15.0. The molecule has 0 spiro atoms. The van der Waals surface area contributed by atoms with Crippen molar-refractivity contribution < 1.29 is 4.79 Å². The third-order valence-corrected chi connectivity index (χ3v) is 6.16. The average Bonchev–Trinajstić information content (AvgIpc) is 3.15. The minimum absolute atomic E-state index is 0.0779. The molecule has 0 saturated carbocycles. The number of imidazole rings is 1. The van der Waals surface area contributed by atoms with E-state index in [-0.39, 0.29) is 5.91 Å². The van der Waals surface area contributed by atoms with E-state index < -0.39 is 0 Å². The molecule has 1 aliphatic heterocycles. The predicted molar refractivity (Wildman–Crippen MR) is 112 cm³/mol. The molecular weight excluding hydrogens is 356 g/mol. The molecule has 1 saturated heterocycles. The molecule has 2 aromatic rings. The van der Waals surface area contributed by atoms with E-state index in [0.717, 1.165) is 30.4 Å². The van der Waals surface area contributed by atoms with E-state index in [4.69, 9.17) is 0 Å². The van der Waals surface area contributed by atoms with Gasteiger partial charge >= 0.3 is 0 Å². The van der Waals surface area contributed by atoms with E-state index in [2.05, 4.69) is 51.8 Å². The summed E-state index contributed by atoms with van der Waals surface area (Å²) in [5, 5.41) is 3.89. The van der Waals surface area contributed by atoms with Gasteiger partial charge in [0.15, 0.2) is 5.16 Å². The van der Waals surface area contributed by atoms with Crippen molar-refractivity contribution in [3.63, 3.8) is 0 Å². The summed E-state index contributed by atoms with van der Waals surface area (Å²) in [6.07, 6.45) is 8.77. The number of carbonyl (C=O) groups excluding carboxylic acids is 1. The van der Waals surface area contributed by atoms with Crippen LogP contribution in [0, 0.1) is 13.8 Å². The van der Waals surface area contributed by atoms with Crippen LogP contribution >= 0.6 is 11.8 Å². The van der Waals surface area contributed by atoms with Gasteiger partial charge in [0.1, 0.15) is 0 Å². The van der Waals surface area contributed by atoms with Crippen LogP contribution in [0.5, 0.6) is 0 Å². The maximum absolute atomic E-state index is 12.2. The number of rotatable bonds is 8. The third-order valence-electron chi connectivity index (χ3n) is 5.20. The van der Waals surface area contributed by atoms with E-state index in [1.54, 1.807) is 6.20 Å². The van der Waals surface area contributed by atoms with Gasteiger partial charge in [0.25, 0.3) is 0 Å². The highest BCUT2D eigenvalue weighted by molar-refractivity contribution is 7.99. The zero-order chi connectivity index (χ0) is 19.1. The Balaban J connectivity index is 1.44. The van der Waals surface area contributed by atoms with Gasteiger partial charge in [-0.3, -0.25) is 9.36 Å². The molecule has 1 fully saturated rings. The van der Waals surface area contributed by atoms with Gasteiger partial charge in [-0.2, -0.15) is 0 Å². The summed E-state index contributed by atoms with van der Waals surface area (Å²) in [6.45, 7) is 8.50. The summed E-state index contributed by atoms with van der Waals surface area (Å²) in [5.41, 5.74) is 3.61. The van der Waals surface area contributed by atoms with Crippen molar-refractivity contribution in [1.82, 2.24) is 19.8 Å². The standard InChI is InChI=1S/C21H30N4OS/c1-17-8-6-9-19(18(17)2)25-15-11-23-21(25)27-16-20(26)22-10-7-14-24-12-4-3-5-13-24/h6,8-9,11,15H,3-5,7,10,12-14,16H2,1-2H3,(H,22,26). The summed E-state index contributed by atoms with van der Waals surface area (Å²) in [5.74, 6) is 0.472. The topological polar surface area (TPSA) is 50.2 Å². The summed E-state index contributed by atoms with van der Waals surface area (Å²) in [6, 6.07) is 6.26. The van der Waals surface area contributed by atoms with Crippen molar-refractivity contribution in [2.45, 2.75) is 44.7 Å². The number of hydrogen-bond donors (Lipinski definition) is 1. The molecule has 0 bridgehead atoms. The first-order valence-electron chi connectivity index (χ1n) is 9.87. The molecule has 0 unspecified atom stereocenters. The smallest absolute Gasteiger partial charge is 0.230 e. The Morgan fingerprint density at radius 3 is 2.85 bits per heavy atom. The zero-order valence-corrected chi connectivity index (χ0v) is 17.2. The first-order chi connectivity index (χ1) is 13.1. The largest absolute Gasteiger partial charge is 0.355 e. The molecule has 0 atom stereocenters. The molecule has 1 aromatic carbocycles. The SMILES string of the molecule is Cc1cccc(-n2ccnc2SCC(=O)NCCCN2CCCCC2)c1C. The van der Waals surface area contributed by atoms with E-state index >= 15 is 0 Å². The summed E-state index contributed by atoms with van der Waals surface area (Å²) in [4.78, 5) is 19.1.